The van der Waals surface area contributed by atoms with Crippen LogP contribution in [0.5, 0.6) is 0 Å². The molecule has 0 bridgehead atoms. The van der Waals surface area contributed by atoms with E-state index in [1.54, 1.807) is 36.0 Å². The van der Waals surface area contributed by atoms with Crippen molar-refractivity contribution in [3.63, 3.8) is 0 Å². The number of thioether (sulfide) groups is 1. The lowest BCUT2D eigenvalue weighted by atomic mass is 10.1. The number of carbonyl (C=O) groups is 3. The number of carbonyl (C=O) groups excluding carboxylic acids is 2. The van der Waals surface area contributed by atoms with Crippen LogP contribution in [0, 0.1) is 0 Å². The van der Waals surface area contributed by atoms with Gasteiger partial charge in [0.1, 0.15) is 6.04 Å². The van der Waals surface area contributed by atoms with Crippen LogP contribution in [0.15, 0.2) is 30.3 Å². The number of Topliss-reactive ketones (excluding diaryl/α,β-unsaturated/α-hetero) is 1. The average Bonchev–Trinajstić information content (AvgIpc) is 2.52. The monoisotopic (exact) mass is 323 g/mol. The first-order valence-corrected chi connectivity index (χ1v) is 8.38. The maximum Gasteiger partial charge on any atom is 0.326 e. The van der Waals surface area contributed by atoms with Crippen LogP contribution < -0.4 is 5.32 Å². The summed E-state index contributed by atoms with van der Waals surface area (Å²) < 4.78 is 0. The van der Waals surface area contributed by atoms with Crippen LogP contribution in [0.25, 0.3) is 0 Å². The number of benzene rings is 1. The molecule has 1 atom stereocenters. The van der Waals surface area contributed by atoms with Gasteiger partial charge in [-0.2, -0.15) is 11.8 Å². The molecule has 6 heteroatoms. The van der Waals surface area contributed by atoms with E-state index in [1.807, 2.05) is 13.0 Å². The van der Waals surface area contributed by atoms with Crippen molar-refractivity contribution in [1.82, 2.24) is 5.32 Å². The summed E-state index contributed by atoms with van der Waals surface area (Å²) in [5.74, 6) is 0.0181. The summed E-state index contributed by atoms with van der Waals surface area (Å²) >= 11 is 1.63. The Kier molecular flexibility index (Phi) is 8.28. The van der Waals surface area contributed by atoms with Crippen LogP contribution in [0.4, 0.5) is 0 Å². The number of carboxylic acids is 1. The molecule has 0 heterocycles. The lowest BCUT2D eigenvalue weighted by Crippen LogP contribution is -2.41. The van der Waals surface area contributed by atoms with Gasteiger partial charge < -0.3 is 10.4 Å². The number of nitrogens with one attached hydrogen (secondary N) is 1. The Morgan fingerprint density at radius 2 is 1.86 bits per heavy atom. The minimum absolute atomic E-state index is 0.00156. The molecule has 5 nitrogen and oxygen atoms in total. The summed E-state index contributed by atoms with van der Waals surface area (Å²) in [6.45, 7) is 1.99. The fraction of sp³-hybridized carbons (Fsp3) is 0.438. The second kappa shape index (κ2) is 10.00. The highest BCUT2D eigenvalue weighted by atomic mass is 32.2. The molecule has 0 saturated carbocycles. The van der Waals surface area contributed by atoms with Gasteiger partial charge in [-0.15, -0.1) is 0 Å². The summed E-state index contributed by atoms with van der Waals surface area (Å²) in [6, 6.07) is 7.84. The van der Waals surface area contributed by atoms with Gasteiger partial charge in [0.2, 0.25) is 5.91 Å². The topological polar surface area (TPSA) is 83.5 Å². The van der Waals surface area contributed by atoms with Crippen molar-refractivity contribution in [2.75, 3.05) is 11.5 Å². The normalized spacial score (nSPS) is 11.7. The van der Waals surface area contributed by atoms with E-state index in [0.717, 1.165) is 5.75 Å². The van der Waals surface area contributed by atoms with Crippen LogP contribution in [0.1, 0.15) is 36.5 Å². The molecule has 0 aliphatic heterocycles. The Balaban J connectivity index is 2.40. The van der Waals surface area contributed by atoms with Gasteiger partial charge in [-0.1, -0.05) is 37.3 Å². The van der Waals surface area contributed by atoms with Gasteiger partial charge in [0, 0.05) is 18.4 Å². The first kappa shape index (κ1) is 18.2. The van der Waals surface area contributed by atoms with Crippen LogP contribution in [0.2, 0.25) is 0 Å². The summed E-state index contributed by atoms with van der Waals surface area (Å²) in [4.78, 5) is 34.8. The highest BCUT2D eigenvalue weighted by Crippen LogP contribution is 2.07. The maximum atomic E-state index is 11.9. The van der Waals surface area contributed by atoms with E-state index < -0.39 is 17.9 Å². The largest absolute Gasteiger partial charge is 0.480 e. The molecular formula is C16H21NO4S. The molecular weight excluding hydrogens is 302 g/mol. The van der Waals surface area contributed by atoms with Crippen molar-refractivity contribution < 1.29 is 19.5 Å². The lowest BCUT2D eigenvalue weighted by molar-refractivity contribution is -0.141. The van der Waals surface area contributed by atoms with Gasteiger partial charge in [0.25, 0.3) is 0 Å². The number of rotatable bonds is 10. The van der Waals surface area contributed by atoms with E-state index in [2.05, 4.69) is 5.32 Å². The summed E-state index contributed by atoms with van der Waals surface area (Å²) in [5.41, 5.74) is 0.560. The zero-order chi connectivity index (χ0) is 16.4. The van der Waals surface area contributed by atoms with Gasteiger partial charge in [-0.3, -0.25) is 9.59 Å². The first-order valence-electron chi connectivity index (χ1n) is 7.22. The lowest BCUT2D eigenvalue weighted by Gasteiger charge is -2.14. The highest BCUT2D eigenvalue weighted by molar-refractivity contribution is 7.99. The van der Waals surface area contributed by atoms with E-state index in [0.29, 0.717) is 17.7 Å². The fourth-order valence-electron chi connectivity index (χ4n) is 1.86. The van der Waals surface area contributed by atoms with Crippen LogP contribution in [0.3, 0.4) is 0 Å². The van der Waals surface area contributed by atoms with Crippen molar-refractivity contribution in [2.24, 2.45) is 0 Å². The number of carboxylic acid groups (broad SMARTS) is 1. The zero-order valence-electron chi connectivity index (χ0n) is 12.6. The number of hydrogen-bond acceptors (Lipinski definition) is 4. The molecule has 0 spiro atoms. The molecule has 1 rings (SSSR count). The third kappa shape index (κ3) is 6.76. The molecule has 1 amide bonds. The molecule has 0 saturated heterocycles. The van der Waals surface area contributed by atoms with Crippen molar-refractivity contribution in [3.05, 3.63) is 35.9 Å². The molecule has 0 aromatic heterocycles. The standard InChI is InChI=1S/C16H21NO4S/c1-2-22-11-10-13(16(20)21)17-15(19)9-8-14(18)12-6-4-3-5-7-12/h3-7,13H,2,8-11H2,1H3,(H,17,19)(H,20,21). The number of ketones is 1. The van der Waals surface area contributed by atoms with Gasteiger partial charge >= 0.3 is 5.97 Å². The van der Waals surface area contributed by atoms with Crippen molar-refractivity contribution in [2.45, 2.75) is 32.2 Å². The molecule has 120 valence electrons. The van der Waals surface area contributed by atoms with Crippen LogP contribution in [-0.4, -0.2) is 40.3 Å². The molecule has 0 aliphatic carbocycles. The van der Waals surface area contributed by atoms with E-state index >= 15 is 0 Å². The quantitative estimate of drug-likeness (QED) is 0.510. The molecule has 22 heavy (non-hydrogen) atoms. The molecule has 0 radical (unpaired) electrons. The molecule has 2 N–H and O–H groups in total. The second-order valence-corrected chi connectivity index (χ2v) is 6.13. The van der Waals surface area contributed by atoms with Gasteiger partial charge in [-0.25, -0.2) is 4.79 Å². The fourth-order valence-corrected chi connectivity index (χ4v) is 2.56. The van der Waals surface area contributed by atoms with E-state index in [-0.39, 0.29) is 18.6 Å². The van der Waals surface area contributed by atoms with Crippen molar-refractivity contribution in [3.8, 4) is 0 Å². The third-order valence-corrected chi connectivity index (χ3v) is 4.00. The van der Waals surface area contributed by atoms with Gasteiger partial charge in [0.15, 0.2) is 5.78 Å². The third-order valence-electron chi connectivity index (χ3n) is 3.06. The van der Waals surface area contributed by atoms with Crippen molar-refractivity contribution in [1.29, 1.82) is 0 Å². The Hall–Kier alpha value is -1.82. The molecule has 0 fully saturated rings. The minimum Gasteiger partial charge on any atom is -0.480 e. The summed E-state index contributed by atoms with van der Waals surface area (Å²) in [7, 11) is 0. The van der Waals surface area contributed by atoms with Crippen LogP contribution >= 0.6 is 11.8 Å². The van der Waals surface area contributed by atoms with E-state index in [9.17, 15) is 14.4 Å². The summed E-state index contributed by atoms with van der Waals surface area (Å²) in [6.07, 6.45) is 0.455. The Labute approximate surface area is 134 Å². The predicted octanol–water partition coefficient (Wildman–Crippen LogP) is 2.36. The Morgan fingerprint density at radius 3 is 2.45 bits per heavy atom. The minimum atomic E-state index is -1.04. The average molecular weight is 323 g/mol. The Morgan fingerprint density at radius 1 is 1.18 bits per heavy atom. The van der Waals surface area contributed by atoms with Crippen LogP contribution in [-0.2, 0) is 9.59 Å². The van der Waals surface area contributed by atoms with Crippen molar-refractivity contribution >= 4 is 29.4 Å². The first-order chi connectivity index (χ1) is 10.5. The molecule has 1 aromatic carbocycles. The van der Waals surface area contributed by atoms with Gasteiger partial charge in [-0.05, 0) is 17.9 Å². The van der Waals surface area contributed by atoms with Gasteiger partial charge in [0.05, 0.1) is 0 Å². The summed E-state index contributed by atoms with van der Waals surface area (Å²) in [5, 5.41) is 11.6. The zero-order valence-corrected chi connectivity index (χ0v) is 13.4. The number of amides is 1. The SMILES string of the molecule is CCSCCC(NC(=O)CCC(=O)c1ccccc1)C(=O)O. The van der Waals surface area contributed by atoms with E-state index in [1.165, 1.54) is 0 Å². The molecule has 1 unspecified atom stereocenters. The molecule has 1 aromatic rings. The maximum absolute atomic E-state index is 11.9. The second-order valence-electron chi connectivity index (χ2n) is 4.73. The number of hydrogen-bond donors (Lipinski definition) is 2. The smallest absolute Gasteiger partial charge is 0.326 e. The Bertz CT molecular complexity index is 504. The highest BCUT2D eigenvalue weighted by Gasteiger charge is 2.19. The number of aliphatic carboxylic acids is 1. The predicted molar refractivity (Wildman–Crippen MR) is 87.2 cm³/mol. The molecule has 0 aliphatic rings. The van der Waals surface area contributed by atoms with E-state index in [4.69, 9.17) is 5.11 Å².